The van der Waals surface area contributed by atoms with Crippen molar-refractivity contribution in [1.82, 2.24) is 24.5 Å². The predicted molar refractivity (Wildman–Crippen MR) is 94.5 cm³/mol. The maximum atomic E-state index is 12.9. The summed E-state index contributed by atoms with van der Waals surface area (Å²) in [6.07, 6.45) is 2.73. The van der Waals surface area contributed by atoms with Gasteiger partial charge in [0.25, 0.3) is 11.5 Å². The van der Waals surface area contributed by atoms with E-state index in [9.17, 15) is 9.59 Å². The molecule has 3 rings (SSSR count). The zero-order valence-electron chi connectivity index (χ0n) is 15.1. The minimum atomic E-state index is -0.168. The SMILES string of the molecule is CCCn1nc(C(=O)N2CCC[C@H]2Cn2nc(C)cc2C)ccc1=O. The van der Waals surface area contributed by atoms with Crippen LogP contribution in [0.3, 0.4) is 0 Å². The van der Waals surface area contributed by atoms with Crippen LogP contribution in [-0.2, 0) is 13.1 Å². The highest BCUT2D eigenvalue weighted by Crippen LogP contribution is 2.21. The quantitative estimate of drug-likeness (QED) is 0.829. The zero-order chi connectivity index (χ0) is 18.0. The van der Waals surface area contributed by atoms with Crippen molar-refractivity contribution in [3.05, 3.63) is 45.6 Å². The van der Waals surface area contributed by atoms with E-state index in [1.807, 2.05) is 36.4 Å². The molecular formula is C18H25N5O2. The van der Waals surface area contributed by atoms with Gasteiger partial charge in [0, 0.05) is 24.8 Å². The van der Waals surface area contributed by atoms with E-state index in [1.54, 1.807) is 0 Å². The van der Waals surface area contributed by atoms with Crippen molar-refractivity contribution < 1.29 is 4.79 Å². The van der Waals surface area contributed by atoms with Gasteiger partial charge in [0.15, 0.2) is 0 Å². The Morgan fingerprint density at radius 3 is 2.72 bits per heavy atom. The lowest BCUT2D eigenvalue weighted by molar-refractivity contribution is 0.0712. The van der Waals surface area contributed by atoms with Crippen LogP contribution in [0.25, 0.3) is 0 Å². The van der Waals surface area contributed by atoms with E-state index >= 15 is 0 Å². The Kier molecular flexibility index (Phi) is 5.01. The van der Waals surface area contributed by atoms with Crippen LogP contribution in [0.2, 0.25) is 0 Å². The molecule has 1 aliphatic heterocycles. The largest absolute Gasteiger partial charge is 0.332 e. The number of likely N-dealkylation sites (tertiary alicyclic amines) is 1. The molecule has 7 heteroatoms. The summed E-state index contributed by atoms with van der Waals surface area (Å²) in [5, 5.41) is 8.77. The molecular weight excluding hydrogens is 318 g/mol. The fraction of sp³-hybridized carbons (Fsp3) is 0.556. The van der Waals surface area contributed by atoms with Gasteiger partial charge in [0.05, 0.1) is 18.3 Å². The molecule has 2 aromatic heterocycles. The minimum absolute atomic E-state index is 0.103. The molecule has 0 unspecified atom stereocenters. The van der Waals surface area contributed by atoms with E-state index < -0.39 is 0 Å². The average Bonchev–Trinajstić information content (AvgIpc) is 3.16. The molecule has 3 heterocycles. The minimum Gasteiger partial charge on any atom is -0.332 e. The summed E-state index contributed by atoms with van der Waals surface area (Å²) in [5.41, 5.74) is 2.26. The fourth-order valence-electron chi connectivity index (χ4n) is 3.43. The highest BCUT2D eigenvalue weighted by Gasteiger charge is 2.31. The monoisotopic (exact) mass is 343 g/mol. The van der Waals surface area contributed by atoms with Crippen LogP contribution in [0.4, 0.5) is 0 Å². The lowest BCUT2D eigenvalue weighted by Gasteiger charge is -2.25. The molecule has 1 aliphatic rings. The number of carbonyl (C=O) groups is 1. The third kappa shape index (κ3) is 3.65. The van der Waals surface area contributed by atoms with Crippen LogP contribution in [0.15, 0.2) is 23.0 Å². The Balaban J connectivity index is 1.80. The normalized spacial score (nSPS) is 17.2. The molecule has 1 saturated heterocycles. The van der Waals surface area contributed by atoms with Gasteiger partial charge in [0.2, 0.25) is 0 Å². The van der Waals surface area contributed by atoms with Crippen LogP contribution in [-0.4, -0.2) is 43.0 Å². The smallest absolute Gasteiger partial charge is 0.274 e. The zero-order valence-corrected chi connectivity index (χ0v) is 15.1. The second-order valence-electron chi connectivity index (χ2n) is 6.68. The number of nitrogens with zero attached hydrogens (tertiary/aromatic N) is 5. The van der Waals surface area contributed by atoms with Crippen molar-refractivity contribution in [1.29, 1.82) is 0 Å². The lowest BCUT2D eigenvalue weighted by Crippen LogP contribution is -2.39. The number of aromatic nitrogens is 4. The van der Waals surface area contributed by atoms with E-state index in [-0.39, 0.29) is 17.5 Å². The summed E-state index contributed by atoms with van der Waals surface area (Å²) in [6, 6.07) is 5.12. The van der Waals surface area contributed by atoms with Crippen molar-refractivity contribution >= 4 is 5.91 Å². The van der Waals surface area contributed by atoms with E-state index in [0.717, 1.165) is 37.2 Å². The van der Waals surface area contributed by atoms with E-state index in [4.69, 9.17) is 0 Å². The molecule has 1 atom stereocenters. The van der Waals surface area contributed by atoms with Gasteiger partial charge in [-0.15, -0.1) is 0 Å². The molecule has 0 saturated carbocycles. The van der Waals surface area contributed by atoms with Crippen molar-refractivity contribution in [2.24, 2.45) is 0 Å². The van der Waals surface area contributed by atoms with Crippen LogP contribution in [0.5, 0.6) is 0 Å². The fourth-order valence-corrected chi connectivity index (χ4v) is 3.43. The Morgan fingerprint density at radius 1 is 1.24 bits per heavy atom. The van der Waals surface area contributed by atoms with Crippen LogP contribution < -0.4 is 5.56 Å². The first kappa shape index (κ1) is 17.4. The van der Waals surface area contributed by atoms with E-state index in [1.165, 1.54) is 16.8 Å². The third-order valence-electron chi connectivity index (χ3n) is 4.65. The summed E-state index contributed by atoms with van der Waals surface area (Å²) in [5.74, 6) is -0.103. The molecule has 0 N–H and O–H groups in total. The second kappa shape index (κ2) is 7.21. The first-order chi connectivity index (χ1) is 12.0. The van der Waals surface area contributed by atoms with Crippen molar-refractivity contribution in [3.63, 3.8) is 0 Å². The Labute approximate surface area is 147 Å². The molecule has 134 valence electrons. The number of amides is 1. The second-order valence-corrected chi connectivity index (χ2v) is 6.68. The first-order valence-corrected chi connectivity index (χ1v) is 8.89. The van der Waals surface area contributed by atoms with Crippen molar-refractivity contribution in [2.75, 3.05) is 6.54 Å². The van der Waals surface area contributed by atoms with Gasteiger partial charge in [-0.2, -0.15) is 10.2 Å². The number of hydrogen-bond acceptors (Lipinski definition) is 4. The van der Waals surface area contributed by atoms with Gasteiger partial charge in [-0.25, -0.2) is 4.68 Å². The predicted octanol–water partition coefficient (Wildman–Crippen LogP) is 1.77. The number of aryl methyl sites for hydroxylation is 3. The van der Waals surface area contributed by atoms with E-state index in [2.05, 4.69) is 10.2 Å². The molecule has 2 aromatic rings. The van der Waals surface area contributed by atoms with Crippen molar-refractivity contribution in [2.45, 2.75) is 59.2 Å². The average molecular weight is 343 g/mol. The molecule has 7 nitrogen and oxygen atoms in total. The number of carbonyl (C=O) groups excluding carboxylic acids is 1. The van der Waals surface area contributed by atoms with Gasteiger partial charge < -0.3 is 4.90 Å². The molecule has 0 aromatic carbocycles. The van der Waals surface area contributed by atoms with Gasteiger partial charge in [0.1, 0.15) is 5.69 Å². The number of rotatable bonds is 5. The summed E-state index contributed by atoms with van der Waals surface area (Å²) in [7, 11) is 0. The van der Waals surface area contributed by atoms with Gasteiger partial charge in [-0.05, 0) is 45.2 Å². The van der Waals surface area contributed by atoms with Gasteiger partial charge in [-0.1, -0.05) is 6.92 Å². The standard InChI is InChI=1S/C18H25N5O2/c1-4-9-22-17(24)8-7-16(20-22)18(25)21-10-5-6-15(21)12-23-14(3)11-13(2)19-23/h7-8,11,15H,4-6,9-10,12H2,1-3H3/t15-/m0/s1. The molecule has 0 radical (unpaired) electrons. The molecule has 0 spiro atoms. The Bertz CT molecular complexity index is 823. The summed E-state index contributed by atoms with van der Waals surface area (Å²) < 4.78 is 3.34. The summed E-state index contributed by atoms with van der Waals surface area (Å²) >= 11 is 0. The maximum absolute atomic E-state index is 12.9. The van der Waals surface area contributed by atoms with Gasteiger partial charge in [-0.3, -0.25) is 14.3 Å². The van der Waals surface area contributed by atoms with Gasteiger partial charge >= 0.3 is 0 Å². The number of hydrogen-bond donors (Lipinski definition) is 0. The molecule has 1 fully saturated rings. The summed E-state index contributed by atoms with van der Waals surface area (Å²) in [6.45, 7) is 7.92. The van der Waals surface area contributed by atoms with Crippen molar-refractivity contribution in [3.8, 4) is 0 Å². The maximum Gasteiger partial charge on any atom is 0.274 e. The molecule has 0 aliphatic carbocycles. The Morgan fingerprint density at radius 2 is 2.04 bits per heavy atom. The molecule has 25 heavy (non-hydrogen) atoms. The lowest BCUT2D eigenvalue weighted by atomic mass is 10.2. The topological polar surface area (TPSA) is 73.0 Å². The van der Waals surface area contributed by atoms with Crippen LogP contribution in [0.1, 0.15) is 48.1 Å². The Hall–Kier alpha value is -2.44. The third-order valence-corrected chi connectivity index (χ3v) is 4.65. The summed E-state index contributed by atoms with van der Waals surface area (Å²) in [4.78, 5) is 26.6. The molecule has 1 amide bonds. The van der Waals surface area contributed by atoms with E-state index in [0.29, 0.717) is 18.8 Å². The highest BCUT2D eigenvalue weighted by molar-refractivity contribution is 5.92. The first-order valence-electron chi connectivity index (χ1n) is 8.89. The highest BCUT2D eigenvalue weighted by atomic mass is 16.2. The van der Waals surface area contributed by atoms with Crippen LogP contribution >= 0.6 is 0 Å². The van der Waals surface area contributed by atoms with Crippen LogP contribution in [0, 0.1) is 13.8 Å². The molecule has 0 bridgehead atoms.